The number of piperidine rings is 1. The predicted molar refractivity (Wildman–Crippen MR) is 97.3 cm³/mol. The van der Waals surface area contributed by atoms with E-state index in [0.717, 1.165) is 5.69 Å². The Morgan fingerprint density at radius 1 is 1.19 bits per heavy atom. The van der Waals surface area contributed by atoms with Crippen molar-refractivity contribution in [2.45, 2.75) is 44.2 Å². The molecule has 1 aliphatic heterocycles. The molecule has 3 rings (SSSR count). The fourth-order valence-corrected chi connectivity index (χ4v) is 4.59. The van der Waals surface area contributed by atoms with Crippen LogP contribution in [0.4, 0.5) is 0 Å². The van der Waals surface area contributed by atoms with Gasteiger partial charge in [0.05, 0.1) is 18.3 Å². The van der Waals surface area contributed by atoms with Gasteiger partial charge in [-0.25, -0.2) is 18.4 Å². The van der Waals surface area contributed by atoms with Crippen LogP contribution in [0.1, 0.15) is 38.3 Å². The summed E-state index contributed by atoms with van der Waals surface area (Å²) in [5.41, 5.74) is 0.745. The molecule has 0 bridgehead atoms. The van der Waals surface area contributed by atoms with E-state index in [1.807, 2.05) is 13.8 Å². The van der Waals surface area contributed by atoms with Crippen LogP contribution in [-0.4, -0.2) is 44.9 Å². The van der Waals surface area contributed by atoms with Crippen molar-refractivity contribution in [2.24, 2.45) is 13.0 Å². The van der Waals surface area contributed by atoms with Crippen LogP contribution in [0.5, 0.6) is 0 Å². The first-order chi connectivity index (χ1) is 12.3. The van der Waals surface area contributed by atoms with Gasteiger partial charge in [0.2, 0.25) is 0 Å². The summed E-state index contributed by atoms with van der Waals surface area (Å²) in [5.74, 6) is 0.479. The molecule has 0 spiro atoms. The van der Waals surface area contributed by atoms with E-state index in [1.54, 1.807) is 28.6 Å². The van der Waals surface area contributed by atoms with Crippen molar-refractivity contribution in [3.05, 3.63) is 41.0 Å². The zero-order valence-corrected chi connectivity index (χ0v) is 16.2. The number of imidazole rings is 1. The molecule has 1 saturated heterocycles. The molecule has 26 heavy (non-hydrogen) atoms. The van der Waals surface area contributed by atoms with E-state index in [4.69, 9.17) is 0 Å². The minimum absolute atomic E-state index is 0.0489. The van der Waals surface area contributed by atoms with E-state index in [0.29, 0.717) is 32.5 Å². The van der Waals surface area contributed by atoms with Gasteiger partial charge in [0, 0.05) is 38.9 Å². The number of rotatable bonds is 5. The number of aromatic nitrogens is 4. The summed E-state index contributed by atoms with van der Waals surface area (Å²) in [6.45, 7) is 5.46. The molecule has 0 N–H and O–H groups in total. The molecular formula is C17H25N5O3S. The second-order valence-electron chi connectivity index (χ2n) is 7.18. The zero-order chi connectivity index (χ0) is 18.9. The van der Waals surface area contributed by atoms with Crippen LogP contribution < -0.4 is 5.56 Å². The largest absolute Gasteiger partial charge is 0.339 e. The Morgan fingerprint density at radius 2 is 1.88 bits per heavy atom. The molecule has 0 aromatic carbocycles. The highest BCUT2D eigenvalue weighted by atomic mass is 32.2. The summed E-state index contributed by atoms with van der Waals surface area (Å²) >= 11 is 0. The van der Waals surface area contributed by atoms with Crippen LogP contribution in [0, 0.1) is 5.92 Å². The van der Waals surface area contributed by atoms with Crippen LogP contribution in [0.15, 0.2) is 34.7 Å². The van der Waals surface area contributed by atoms with Gasteiger partial charge in [-0.1, -0.05) is 13.8 Å². The lowest BCUT2D eigenvalue weighted by molar-refractivity contribution is 0.250. The second-order valence-corrected chi connectivity index (χ2v) is 9.07. The minimum atomic E-state index is -3.54. The summed E-state index contributed by atoms with van der Waals surface area (Å²) in [6, 6.07) is 1.59. The Kier molecular flexibility index (Phi) is 5.29. The second kappa shape index (κ2) is 7.32. The van der Waals surface area contributed by atoms with Gasteiger partial charge in [0.15, 0.2) is 5.03 Å². The molecule has 9 heteroatoms. The van der Waals surface area contributed by atoms with Gasteiger partial charge in [0.25, 0.3) is 15.6 Å². The van der Waals surface area contributed by atoms with E-state index in [9.17, 15) is 13.2 Å². The first-order valence-corrected chi connectivity index (χ1v) is 10.3. The first kappa shape index (κ1) is 18.8. The summed E-state index contributed by atoms with van der Waals surface area (Å²) < 4.78 is 29.9. The van der Waals surface area contributed by atoms with Crippen molar-refractivity contribution in [3.63, 3.8) is 0 Å². The van der Waals surface area contributed by atoms with Crippen molar-refractivity contribution in [3.8, 4) is 0 Å². The summed E-state index contributed by atoms with van der Waals surface area (Å²) in [4.78, 5) is 20.5. The topological polar surface area (TPSA) is 90.1 Å². The van der Waals surface area contributed by atoms with Crippen molar-refractivity contribution in [2.75, 3.05) is 13.1 Å². The number of sulfonamides is 1. The summed E-state index contributed by atoms with van der Waals surface area (Å²) in [6.07, 6.45) is 6.03. The molecule has 2 aromatic rings. The van der Waals surface area contributed by atoms with Crippen LogP contribution >= 0.6 is 0 Å². The Bertz CT molecular complexity index is 924. The van der Waals surface area contributed by atoms with Gasteiger partial charge in [-0.05, 0) is 24.7 Å². The first-order valence-electron chi connectivity index (χ1n) is 8.82. The smallest absolute Gasteiger partial charge is 0.262 e. The average Bonchev–Trinajstić information content (AvgIpc) is 3.04. The molecule has 3 heterocycles. The molecule has 0 atom stereocenters. The van der Waals surface area contributed by atoms with E-state index in [2.05, 4.69) is 9.97 Å². The Hall–Kier alpha value is -2.00. The van der Waals surface area contributed by atoms with E-state index >= 15 is 0 Å². The lowest BCUT2D eigenvalue weighted by Crippen LogP contribution is -2.40. The molecule has 142 valence electrons. The summed E-state index contributed by atoms with van der Waals surface area (Å²) in [5, 5.41) is 0.0862. The van der Waals surface area contributed by atoms with Crippen LogP contribution in [0.3, 0.4) is 0 Å². The number of aryl methyl sites for hydroxylation is 1. The Morgan fingerprint density at radius 3 is 2.42 bits per heavy atom. The summed E-state index contributed by atoms with van der Waals surface area (Å²) in [7, 11) is -1.80. The van der Waals surface area contributed by atoms with Crippen molar-refractivity contribution >= 4 is 10.0 Å². The molecule has 8 nitrogen and oxygen atoms in total. The molecule has 0 saturated carbocycles. The zero-order valence-electron chi connectivity index (χ0n) is 15.4. The third kappa shape index (κ3) is 3.88. The lowest BCUT2D eigenvalue weighted by atomic mass is 9.98. The molecule has 1 fully saturated rings. The normalized spacial score (nSPS) is 17.1. The molecule has 0 unspecified atom stereocenters. The molecule has 0 amide bonds. The molecular weight excluding hydrogens is 354 g/mol. The van der Waals surface area contributed by atoms with Gasteiger partial charge in [-0.3, -0.25) is 9.36 Å². The van der Waals surface area contributed by atoms with Gasteiger partial charge >= 0.3 is 0 Å². The van der Waals surface area contributed by atoms with E-state index in [1.165, 1.54) is 16.8 Å². The van der Waals surface area contributed by atoms with Crippen molar-refractivity contribution < 1.29 is 8.42 Å². The van der Waals surface area contributed by atoms with Gasteiger partial charge < -0.3 is 4.57 Å². The third-order valence-electron chi connectivity index (χ3n) is 4.81. The Labute approximate surface area is 153 Å². The van der Waals surface area contributed by atoms with Crippen molar-refractivity contribution in [1.29, 1.82) is 0 Å². The van der Waals surface area contributed by atoms with E-state index < -0.39 is 10.0 Å². The molecule has 2 aromatic heterocycles. The molecule has 0 radical (unpaired) electrons. The number of hydrogen-bond donors (Lipinski definition) is 0. The highest BCUT2D eigenvalue weighted by Crippen LogP contribution is 2.23. The Balaban J connectivity index is 1.63. The standard InChI is InChI=1S/C17H25N5O3S/c1-13(2)15-8-17(23)21(12-18-15)9-14-4-6-22(7-5-14)26(24,25)16-10-20(3)11-19-16/h8,10-14H,4-7,9H2,1-3H3. The maximum absolute atomic E-state index is 12.6. The third-order valence-corrected chi connectivity index (χ3v) is 6.59. The van der Waals surface area contributed by atoms with Crippen molar-refractivity contribution in [1.82, 2.24) is 23.4 Å². The van der Waals surface area contributed by atoms with Crippen LogP contribution in [0.25, 0.3) is 0 Å². The molecule has 0 aliphatic carbocycles. The SMILES string of the molecule is CC(C)c1cc(=O)n(CC2CCN(S(=O)(=O)c3cn(C)cn3)CC2)cn1. The maximum Gasteiger partial charge on any atom is 0.262 e. The van der Waals surface area contributed by atoms with E-state index in [-0.39, 0.29) is 22.4 Å². The lowest BCUT2D eigenvalue weighted by Gasteiger charge is -2.30. The maximum atomic E-state index is 12.6. The van der Waals surface area contributed by atoms with Gasteiger partial charge in [-0.2, -0.15) is 4.31 Å². The monoisotopic (exact) mass is 379 g/mol. The highest BCUT2D eigenvalue weighted by Gasteiger charge is 2.31. The van der Waals surface area contributed by atoms with Gasteiger partial charge in [0.1, 0.15) is 0 Å². The van der Waals surface area contributed by atoms with Gasteiger partial charge in [-0.15, -0.1) is 0 Å². The number of nitrogens with zero attached hydrogens (tertiary/aromatic N) is 5. The van der Waals surface area contributed by atoms with Crippen LogP contribution in [-0.2, 0) is 23.6 Å². The minimum Gasteiger partial charge on any atom is -0.339 e. The fourth-order valence-electron chi connectivity index (χ4n) is 3.16. The molecule has 1 aliphatic rings. The van der Waals surface area contributed by atoms with Crippen LogP contribution in [0.2, 0.25) is 0 Å². The fraction of sp³-hybridized carbons (Fsp3) is 0.588. The highest BCUT2D eigenvalue weighted by molar-refractivity contribution is 7.89. The quantitative estimate of drug-likeness (QED) is 0.779. The predicted octanol–water partition coefficient (Wildman–Crippen LogP) is 1.20. The number of hydrogen-bond acceptors (Lipinski definition) is 5. The average molecular weight is 379 g/mol.